The summed E-state index contributed by atoms with van der Waals surface area (Å²) in [5.74, 6) is 0.0541. The average molecular weight is 296 g/mol. The smallest absolute Gasteiger partial charge is 0.241 e. The number of phenols is 1. The minimum Gasteiger partial charge on any atom is -0.506 e. The Hall–Kier alpha value is -2.33. The van der Waals surface area contributed by atoms with E-state index in [0.717, 1.165) is 25.9 Å². The fourth-order valence-corrected chi connectivity index (χ4v) is 2.93. The van der Waals surface area contributed by atoms with E-state index in [2.05, 4.69) is 22.3 Å². The minimum atomic E-state index is -0.139. The lowest BCUT2D eigenvalue weighted by Crippen LogP contribution is -2.39. The van der Waals surface area contributed by atoms with Crippen LogP contribution in [0.25, 0.3) is 0 Å². The van der Waals surface area contributed by atoms with Crippen molar-refractivity contribution >= 4 is 11.6 Å². The predicted molar refractivity (Wildman–Crippen MR) is 86.6 cm³/mol. The highest BCUT2D eigenvalue weighted by atomic mass is 16.3. The highest BCUT2D eigenvalue weighted by molar-refractivity contribution is 5.96. The third kappa shape index (κ3) is 3.28. The van der Waals surface area contributed by atoms with Crippen molar-refractivity contribution in [3.63, 3.8) is 0 Å². The monoisotopic (exact) mass is 296 g/mol. The second-order valence-corrected chi connectivity index (χ2v) is 5.62. The summed E-state index contributed by atoms with van der Waals surface area (Å²) in [5, 5.41) is 12.6. The van der Waals surface area contributed by atoms with Crippen LogP contribution in [-0.4, -0.2) is 28.5 Å². The van der Waals surface area contributed by atoms with Crippen molar-refractivity contribution in [2.45, 2.75) is 25.4 Å². The molecule has 3 rings (SSSR count). The first-order chi connectivity index (χ1) is 10.7. The molecule has 1 fully saturated rings. The van der Waals surface area contributed by atoms with Crippen LogP contribution in [0.5, 0.6) is 5.75 Å². The van der Waals surface area contributed by atoms with E-state index in [0.29, 0.717) is 5.69 Å². The number of phenolic OH excluding ortho intramolecular Hbond substituents is 1. The molecule has 0 spiro atoms. The molecule has 0 saturated carbocycles. The zero-order valence-corrected chi connectivity index (χ0v) is 12.4. The average Bonchev–Trinajstić information content (AvgIpc) is 2.99. The first-order valence-electron chi connectivity index (χ1n) is 7.61. The summed E-state index contributed by atoms with van der Waals surface area (Å²) in [5.41, 5.74) is 1.68. The second kappa shape index (κ2) is 6.62. The number of hydrogen-bond acceptors (Lipinski definition) is 3. The number of nitrogens with one attached hydrogen (secondary N) is 1. The lowest BCUT2D eigenvalue weighted by Gasteiger charge is -2.23. The number of likely N-dealkylation sites (tertiary alicyclic amines) is 1. The van der Waals surface area contributed by atoms with Gasteiger partial charge in [-0.05, 0) is 37.1 Å². The van der Waals surface area contributed by atoms with E-state index in [1.807, 2.05) is 18.2 Å². The SMILES string of the molecule is O=C(Nc1ccccc1O)C1CCCN1Cc1ccccc1. The summed E-state index contributed by atoms with van der Waals surface area (Å²) < 4.78 is 0. The van der Waals surface area contributed by atoms with Crippen LogP contribution in [0.1, 0.15) is 18.4 Å². The van der Waals surface area contributed by atoms with Gasteiger partial charge in [0, 0.05) is 6.54 Å². The number of carbonyl (C=O) groups is 1. The van der Waals surface area contributed by atoms with Crippen LogP contribution in [0.2, 0.25) is 0 Å². The first kappa shape index (κ1) is 14.6. The minimum absolute atomic E-state index is 0.0464. The van der Waals surface area contributed by atoms with Gasteiger partial charge in [-0.1, -0.05) is 42.5 Å². The quantitative estimate of drug-likeness (QED) is 0.853. The zero-order valence-electron chi connectivity index (χ0n) is 12.4. The molecule has 1 heterocycles. The van der Waals surface area contributed by atoms with Gasteiger partial charge in [-0.3, -0.25) is 9.69 Å². The molecule has 2 N–H and O–H groups in total. The Bertz CT molecular complexity index is 643. The van der Waals surface area contributed by atoms with E-state index in [4.69, 9.17) is 0 Å². The summed E-state index contributed by atoms with van der Waals surface area (Å²) in [6.45, 7) is 1.70. The molecule has 1 aliphatic rings. The van der Waals surface area contributed by atoms with Gasteiger partial charge in [-0.15, -0.1) is 0 Å². The third-order valence-electron chi connectivity index (χ3n) is 4.06. The molecule has 1 atom stereocenters. The molecule has 114 valence electrons. The standard InChI is InChI=1S/C18H20N2O2/c21-17-11-5-4-9-15(17)19-18(22)16-10-6-12-20(16)13-14-7-2-1-3-8-14/h1-5,7-9,11,16,21H,6,10,12-13H2,(H,19,22). The van der Waals surface area contributed by atoms with Crippen molar-refractivity contribution in [1.29, 1.82) is 0 Å². The Morgan fingerprint density at radius 3 is 2.64 bits per heavy atom. The summed E-state index contributed by atoms with van der Waals surface area (Å²) in [4.78, 5) is 14.7. The predicted octanol–water partition coefficient (Wildman–Crippen LogP) is 3.00. The maximum atomic E-state index is 12.5. The normalized spacial score (nSPS) is 18.3. The number of hydrogen-bond donors (Lipinski definition) is 2. The van der Waals surface area contributed by atoms with Crippen molar-refractivity contribution in [3.8, 4) is 5.75 Å². The number of nitrogens with zero attached hydrogens (tertiary/aromatic N) is 1. The molecule has 2 aromatic rings. The lowest BCUT2D eigenvalue weighted by atomic mass is 10.1. The summed E-state index contributed by atoms with van der Waals surface area (Å²) in [6.07, 6.45) is 1.87. The van der Waals surface area contributed by atoms with E-state index < -0.39 is 0 Å². The summed E-state index contributed by atoms with van der Waals surface area (Å²) in [7, 11) is 0. The van der Waals surface area contributed by atoms with Gasteiger partial charge >= 0.3 is 0 Å². The highest BCUT2D eigenvalue weighted by Crippen LogP contribution is 2.25. The van der Waals surface area contributed by atoms with Gasteiger partial charge in [-0.2, -0.15) is 0 Å². The fourth-order valence-electron chi connectivity index (χ4n) is 2.93. The Labute approximate surface area is 130 Å². The number of carbonyl (C=O) groups excluding carboxylic acids is 1. The van der Waals surface area contributed by atoms with Gasteiger partial charge in [0.15, 0.2) is 0 Å². The molecular formula is C18H20N2O2. The van der Waals surface area contributed by atoms with Gasteiger partial charge in [-0.25, -0.2) is 0 Å². The molecule has 1 unspecified atom stereocenters. The second-order valence-electron chi connectivity index (χ2n) is 5.62. The molecule has 0 bridgehead atoms. The number of para-hydroxylation sites is 2. The highest BCUT2D eigenvalue weighted by Gasteiger charge is 2.30. The molecule has 0 aromatic heterocycles. The summed E-state index contributed by atoms with van der Waals surface area (Å²) in [6, 6.07) is 16.9. The van der Waals surface area contributed by atoms with Crippen LogP contribution in [0, 0.1) is 0 Å². The Morgan fingerprint density at radius 1 is 1.14 bits per heavy atom. The van der Waals surface area contributed by atoms with E-state index in [1.54, 1.807) is 24.3 Å². The van der Waals surface area contributed by atoms with Crippen molar-refractivity contribution in [2.24, 2.45) is 0 Å². The van der Waals surface area contributed by atoms with Gasteiger partial charge in [0.1, 0.15) is 5.75 Å². The Morgan fingerprint density at radius 2 is 1.86 bits per heavy atom. The zero-order chi connectivity index (χ0) is 15.4. The number of benzene rings is 2. The molecule has 1 aliphatic heterocycles. The molecule has 0 aliphatic carbocycles. The molecule has 4 nitrogen and oxygen atoms in total. The molecular weight excluding hydrogens is 276 g/mol. The van der Waals surface area contributed by atoms with Crippen molar-refractivity contribution in [3.05, 3.63) is 60.2 Å². The van der Waals surface area contributed by atoms with Crippen LogP contribution >= 0.6 is 0 Å². The molecule has 2 aromatic carbocycles. The van der Waals surface area contributed by atoms with Gasteiger partial charge < -0.3 is 10.4 Å². The van der Waals surface area contributed by atoms with E-state index in [9.17, 15) is 9.90 Å². The van der Waals surface area contributed by atoms with Crippen LogP contribution in [0.15, 0.2) is 54.6 Å². The van der Waals surface area contributed by atoms with E-state index >= 15 is 0 Å². The van der Waals surface area contributed by atoms with Gasteiger partial charge in [0.05, 0.1) is 11.7 Å². The maximum Gasteiger partial charge on any atom is 0.241 e. The van der Waals surface area contributed by atoms with Crippen LogP contribution in [0.3, 0.4) is 0 Å². The fraction of sp³-hybridized carbons (Fsp3) is 0.278. The largest absolute Gasteiger partial charge is 0.506 e. The Balaban J connectivity index is 1.67. The third-order valence-corrected chi connectivity index (χ3v) is 4.06. The van der Waals surface area contributed by atoms with Gasteiger partial charge in [0.25, 0.3) is 0 Å². The van der Waals surface area contributed by atoms with E-state index in [-0.39, 0.29) is 17.7 Å². The number of anilines is 1. The van der Waals surface area contributed by atoms with Crippen LogP contribution in [-0.2, 0) is 11.3 Å². The van der Waals surface area contributed by atoms with Crippen LogP contribution < -0.4 is 5.32 Å². The number of rotatable bonds is 4. The number of amides is 1. The molecule has 0 radical (unpaired) electrons. The number of aromatic hydroxyl groups is 1. The van der Waals surface area contributed by atoms with Crippen molar-refractivity contribution < 1.29 is 9.90 Å². The first-order valence-corrected chi connectivity index (χ1v) is 7.61. The molecule has 22 heavy (non-hydrogen) atoms. The van der Waals surface area contributed by atoms with Crippen molar-refractivity contribution in [2.75, 3.05) is 11.9 Å². The summed E-state index contributed by atoms with van der Waals surface area (Å²) >= 11 is 0. The van der Waals surface area contributed by atoms with E-state index in [1.165, 1.54) is 5.56 Å². The molecule has 1 amide bonds. The topological polar surface area (TPSA) is 52.6 Å². The van der Waals surface area contributed by atoms with Crippen LogP contribution in [0.4, 0.5) is 5.69 Å². The molecule has 1 saturated heterocycles. The van der Waals surface area contributed by atoms with Gasteiger partial charge in [0.2, 0.25) is 5.91 Å². The van der Waals surface area contributed by atoms with Crippen molar-refractivity contribution in [1.82, 2.24) is 4.90 Å². The molecule has 4 heteroatoms. The Kier molecular flexibility index (Phi) is 4.39. The maximum absolute atomic E-state index is 12.5. The lowest BCUT2D eigenvalue weighted by molar-refractivity contribution is -0.120.